The number of aliphatic hydroxyl groups excluding tert-OH is 1. The summed E-state index contributed by atoms with van der Waals surface area (Å²) in [5, 5.41) is 15.9. The van der Waals surface area contributed by atoms with Crippen molar-refractivity contribution in [2.45, 2.75) is 32.4 Å². The Labute approximate surface area is 158 Å². The predicted molar refractivity (Wildman–Crippen MR) is 105 cm³/mol. The van der Waals surface area contributed by atoms with Crippen LogP contribution in [0.2, 0.25) is 0 Å². The summed E-state index contributed by atoms with van der Waals surface area (Å²) < 4.78 is 0. The molecule has 8 nitrogen and oxygen atoms in total. The van der Waals surface area contributed by atoms with Crippen LogP contribution in [0.5, 0.6) is 0 Å². The van der Waals surface area contributed by atoms with E-state index in [1.807, 2.05) is 44.0 Å². The first-order chi connectivity index (χ1) is 12.9. The summed E-state index contributed by atoms with van der Waals surface area (Å²) in [5.74, 6) is 1.87. The molecule has 142 valence electrons. The number of aldehydes is 1. The second kappa shape index (κ2) is 7.71. The maximum absolute atomic E-state index is 11.9. The van der Waals surface area contributed by atoms with E-state index in [0.717, 1.165) is 17.4 Å². The number of fused-ring (bicyclic) bond motifs is 1. The number of pyridine rings is 1. The maximum Gasteiger partial charge on any atom is 0.147 e. The Morgan fingerprint density at radius 2 is 2.15 bits per heavy atom. The van der Waals surface area contributed by atoms with E-state index in [-0.39, 0.29) is 12.1 Å². The summed E-state index contributed by atoms with van der Waals surface area (Å²) in [6.45, 7) is 6.44. The van der Waals surface area contributed by atoms with Gasteiger partial charge >= 0.3 is 0 Å². The molecule has 2 aromatic heterocycles. The zero-order chi connectivity index (χ0) is 19.4. The van der Waals surface area contributed by atoms with Crippen LogP contribution in [0.3, 0.4) is 0 Å². The van der Waals surface area contributed by atoms with E-state index >= 15 is 0 Å². The molecule has 0 saturated carbocycles. The summed E-state index contributed by atoms with van der Waals surface area (Å²) in [5.41, 5.74) is 1.44. The van der Waals surface area contributed by atoms with Crippen molar-refractivity contribution in [2.75, 3.05) is 23.8 Å². The molecule has 2 aromatic rings. The molecular formula is C19H24N6O2. The van der Waals surface area contributed by atoms with E-state index in [2.05, 4.69) is 20.6 Å². The van der Waals surface area contributed by atoms with Crippen LogP contribution in [-0.4, -0.2) is 49.9 Å². The SMILES string of the molecule is CC(C)(C)Nc1nc(Nc2ccncn2)cc2c1C(C=O)N(CCO)C=C2. The van der Waals surface area contributed by atoms with Crippen molar-refractivity contribution in [1.82, 2.24) is 19.9 Å². The lowest BCUT2D eigenvalue weighted by Gasteiger charge is -2.34. The molecule has 3 rings (SSSR count). The highest BCUT2D eigenvalue weighted by Gasteiger charge is 2.29. The predicted octanol–water partition coefficient (Wildman–Crippen LogP) is 2.34. The van der Waals surface area contributed by atoms with Gasteiger partial charge in [0, 0.05) is 30.0 Å². The van der Waals surface area contributed by atoms with Crippen molar-refractivity contribution in [3.05, 3.63) is 42.0 Å². The molecule has 1 atom stereocenters. The van der Waals surface area contributed by atoms with Crippen LogP contribution < -0.4 is 10.6 Å². The molecule has 0 bridgehead atoms. The van der Waals surface area contributed by atoms with Crippen LogP contribution >= 0.6 is 0 Å². The molecule has 0 aromatic carbocycles. The number of hydrogen-bond donors (Lipinski definition) is 3. The number of aromatic nitrogens is 3. The number of rotatable bonds is 6. The van der Waals surface area contributed by atoms with Gasteiger partial charge < -0.3 is 25.4 Å². The average Bonchev–Trinajstić information content (AvgIpc) is 2.61. The molecule has 1 aliphatic heterocycles. The van der Waals surface area contributed by atoms with Crippen molar-refractivity contribution >= 4 is 29.8 Å². The van der Waals surface area contributed by atoms with Gasteiger partial charge in [-0.2, -0.15) is 0 Å². The lowest BCUT2D eigenvalue weighted by molar-refractivity contribution is -0.111. The molecule has 0 aliphatic carbocycles. The highest BCUT2D eigenvalue weighted by atomic mass is 16.3. The first kappa shape index (κ1) is 18.8. The summed E-state index contributed by atoms with van der Waals surface area (Å²) in [7, 11) is 0. The third-order valence-corrected chi connectivity index (χ3v) is 4.01. The molecule has 1 unspecified atom stereocenters. The van der Waals surface area contributed by atoms with Gasteiger partial charge in [-0.25, -0.2) is 15.0 Å². The highest BCUT2D eigenvalue weighted by Crippen LogP contribution is 2.36. The van der Waals surface area contributed by atoms with E-state index in [9.17, 15) is 9.90 Å². The topological polar surface area (TPSA) is 103 Å². The van der Waals surface area contributed by atoms with Gasteiger partial charge in [-0.3, -0.25) is 0 Å². The lowest BCUT2D eigenvalue weighted by Crippen LogP contribution is -2.33. The molecular weight excluding hydrogens is 344 g/mol. The molecule has 3 heterocycles. The number of nitrogens with one attached hydrogen (secondary N) is 2. The van der Waals surface area contributed by atoms with Gasteiger partial charge in [0.05, 0.1) is 6.61 Å². The minimum atomic E-state index is -0.511. The zero-order valence-corrected chi connectivity index (χ0v) is 15.7. The Morgan fingerprint density at radius 1 is 1.33 bits per heavy atom. The Bertz CT molecular complexity index is 832. The van der Waals surface area contributed by atoms with E-state index in [1.165, 1.54) is 6.33 Å². The number of carbonyl (C=O) groups is 1. The summed E-state index contributed by atoms with van der Waals surface area (Å²) in [6, 6.07) is 3.13. The summed E-state index contributed by atoms with van der Waals surface area (Å²) in [4.78, 5) is 26.4. The van der Waals surface area contributed by atoms with Gasteiger partial charge in [0.15, 0.2) is 0 Å². The zero-order valence-electron chi connectivity index (χ0n) is 15.7. The Balaban J connectivity index is 2.06. The largest absolute Gasteiger partial charge is 0.395 e. The molecule has 0 fully saturated rings. The Morgan fingerprint density at radius 3 is 2.78 bits per heavy atom. The van der Waals surface area contributed by atoms with Crippen LogP contribution in [-0.2, 0) is 4.79 Å². The Hall–Kier alpha value is -3.00. The van der Waals surface area contributed by atoms with Gasteiger partial charge in [-0.1, -0.05) is 0 Å². The van der Waals surface area contributed by atoms with Crippen LogP contribution in [0.15, 0.2) is 30.9 Å². The molecule has 0 saturated heterocycles. The second-order valence-electron chi connectivity index (χ2n) is 7.31. The molecule has 0 spiro atoms. The average molecular weight is 368 g/mol. The minimum absolute atomic E-state index is 0.0349. The lowest BCUT2D eigenvalue weighted by atomic mass is 9.96. The summed E-state index contributed by atoms with van der Waals surface area (Å²) in [6.07, 6.45) is 7.74. The van der Waals surface area contributed by atoms with Crippen molar-refractivity contribution in [2.24, 2.45) is 0 Å². The van der Waals surface area contributed by atoms with Crippen molar-refractivity contribution < 1.29 is 9.90 Å². The van der Waals surface area contributed by atoms with Crippen molar-refractivity contribution in [3.8, 4) is 0 Å². The smallest absolute Gasteiger partial charge is 0.147 e. The monoisotopic (exact) mass is 368 g/mol. The number of aliphatic hydroxyl groups is 1. The highest BCUT2D eigenvalue weighted by molar-refractivity contribution is 5.77. The number of hydrogen-bond acceptors (Lipinski definition) is 8. The minimum Gasteiger partial charge on any atom is -0.395 e. The fourth-order valence-corrected chi connectivity index (χ4v) is 2.94. The maximum atomic E-state index is 11.9. The number of carbonyl (C=O) groups excluding carboxylic acids is 1. The first-order valence-electron chi connectivity index (χ1n) is 8.77. The molecule has 0 amide bonds. The number of β-amino-alcohol motifs (C(OH)–C–C–N with tert-alkyl or cyclic N) is 1. The third kappa shape index (κ3) is 4.40. The Kier molecular flexibility index (Phi) is 5.36. The van der Waals surface area contributed by atoms with E-state index < -0.39 is 6.04 Å². The second-order valence-corrected chi connectivity index (χ2v) is 7.31. The van der Waals surface area contributed by atoms with Crippen LogP contribution in [0.4, 0.5) is 17.5 Å². The van der Waals surface area contributed by atoms with Crippen LogP contribution in [0.25, 0.3) is 6.08 Å². The molecule has 0 radical (unpaired) electrons. The molecule has 8 heteroatoms. The van der Waals surface area contributed by atoms with Crippen LogP contribution in [0.1, 0.15) is 37.9 Å². The normalized spacial score (nSPS) is 16.0. The fourth-order valence-electron chi connectivity index (χ4n) is 2.94. The quantitative estimate of drug-likeness (QED) is 0.668. The van der Waals surface area contributed by atoms with Crippen LogP contribution in [0, 0.1) is 0 Å². The molecule has 3 N–H and O–H groups in total. The van der Waals surface area contributed by atoms with Gasteiger partial charge in [0.25, 0.3) is 0 Å². The van der Waals surface area contributed by atoms with Gasteiger partial charge in [-0.15, -0.1) is 0 Å². The third-order valence-electron chi connectivity index (χ3n) is 4.01. The first-order valence-corrected chi connectivity index (χ1v) is 8.77. The van der Waals surface area contributed by atoms with Gasteiger partial charge in [0.2, 0.25) is 0 Å². The van der Waals surface area contributed by atoms with Gasteiger partial charge in [0.1, 0.15) is 36.1 Å². The van der Waals surface area contributed by atoms with Crippen molar-refractivity contribution in [3.63, 3.8) is 0 Å². The van der Waals surface area contributed by atoms with E-state index in [1.54, 1.807) is 12.3 Å². The number of anilines is 3. The number of nitrogens with zero attached hydrogens (tertiary/aromatic N) is 4. The fraction of sp³-hybridized carbons (Fsp3) is 0.368. The standard InChI is InChI=1S/C19H24N6O2/c1-19(2,3)24-18-17-13(5-7-25(8-9-26)14(17)11-27)10-16(23-18)22-15-4-6-20-12-21-15/h4-7,10-12,14,26H,8-9H2,1-3H3,(H2,20,21,22,23,24). The molecule has 1 aliphatic rings. The van der Waals surface area contributed by atoms with E-state index in [0.29, 0.717) is 24.0 Å². The van der Waals surface area contributed by atoms with E-state index in [4.69, 9.17) is 4.98 Å². The molecule has 27 heavy (non-hydrogen) atoms. The van der Waals surface area contributed by atoms with Crippen molar-refractivity contribution in [1.29, 1.82) is 0 Å². The van der Waals surface area contributed by atoms with Gasteiger partial charge in [-0.05, 0) is 44.5 Å². The summed E-state index contributed by atoms with van der Waals surface area (Å²) >= 11 is 0.